The van der Waals surface area contributed by atoms with Crippen LogP contribution in [0.1, 0.15) is 68.4 Å². The van der Waals surface area contributed by atoms with Gasteiger partial charge in [0, 0.05) is 10.8 Å². The van der Waals surface area contributed by atoms with Gasteiger partial charge in [-0.25, -0.2) is 4.98 Å². The molecule has 0 aliphatic heterocycles. The second-order valence-electron chi connectivity index (χ2n) is 4.79. The normalized spacial score (nSPS) is 18.6. The standard InChI is InChI=1S/C12H20N2S/c1-8(2)11-10(14-12(13)15-11)9-6-4-3-5-7-9/h8-9H,3-7H2,1-2H3,(H2,13,14). The van der Waals surface area contributed by atoms with Crippen molar-refractivity contribution < 1.29 is 0 Å². The van der Waals surface area contributed by atoms with Crippen molar-refractivity contribution in [2.75, 3.05) is 5.73 Å². The first-order valence-electron chi connectivity index (χ1n) is 5.94. The molecule has 0 bridgehead atoms. The van der Waals surface area contributed by atoms with Gasteiger partial charge in [-0.15, -0.1) is 11.3 Å². The molecule has 0 unspecified atom stereocenters. The molecule has 0 saturated heterocycles. The van der Waals surface area contributed by atoms with Crippen LogP contribution in [-0.2, 0) is 0 Å². The SMILES string of the molecule is CC(C)c1sc(N)nc1C1CCCCC1. The molecule has 0 atom stereocenters. The van der Waals surface area contributed by atoms with Crippen LogP contribution in [0.5, 0.6) is 0 Å². The molecular weight excluding hydrogens is 204 g/mol. The average Bonchev–Trinajstić information content (AvgIpc) is 2.62. The summed E-state index contributed by atoms with van der Waals surface area (Å²) in [6.07, 6.45) is 6.73. The lowest BCUT2D eigenvalue weighted by Crippen LogP contribution is -2.07. The smallest absolute Gasteiger partial charge is 0.180 e. The fourth-order valence-corrected chi connectivity index (χ4v) is 3.37. The van der Waals surface area contributed by atoms with E-state index in [0.29, 0.717) is 11.8 Å². The van der Waals surface area contributed by atoms with E-state index in [2.05, 4.69) is 18.8 Å². The number of aromatic nitrogens is 1. The van der Waals surface area contributed by atoms with Crippen molar-refractivity contribution in [3.05, 3.63) is 10.6 Å². The molecule has 0 radical (unpaired) electrons. The van der Waals surface area contributed by atoms with Crippen molar-refractivity contribution >= 4 is 16.5 Å². The van der Waals surface area contributed by atoms with E-state index in [9.17, 15) is 0 Å². The van der Waals surface area contributed by atoms with E-state index >= 15 is 0 Å². The van der Waals surface area contributed by atoms with E-state index in [1.807, 2.05) is 0 Å². The van der Waals surface area contributed by atoms with E-state index in [0.717, 1.165) is 5.13 Å². The molecule has 84 valence electrons. The molecule has 1 saturated carbocycles. The lowest BCUT2D eigenvalue weighted by molar-refractivity contribution is 0.435. The Morgan fingerprint density at radius 2 is 1.93 bits per heavy atom. The molecule has 1 aromatic rings. The van der Waals surface area contributed by atoms with Crippen molar-refractivity contribution in [1.82, 2.24) is 4.98 Å². The van der Waals surface area contributed by atoms with Crippen LogP contribution in [0.3, 0.4) is 0 Å². The van der Waals surface area contributed by atoms with Crippen molar-refractivity contribution in [3.63, 3.8) is 0 Å². The summed E-state index contributed by atoms with van der Waals surface area (Å²) in [4.78, 5) is 5.97. The summed E-state index contributed by atoms with van der Waals surface area (Å²) in [7, 11) is 0. The Kier molecular flexibility index (Phi) is 3.29. The number of rotatable bonds is 2. The number of hydrogen-bond donors (Lipinski definition) is 1. The number of nitrogens with zero attached hydrogens (tertiary/aromatic N) is 1. The average molecular weight is 224 g/mol. The Morgan fingerprint density at radius 3 is 2.53 bits per heavy atom. The Labute approximate surface area is 95.9 Å². The van der Waals surface area contributed by atoms with Crippen LogP contribution in [0.25, 0.3) is 0 Å². The minimum Gasteiger partial charge on any atom is -0.375 e. The van der Waals surface area contributed by atoms with Gasteiger partial charge in [0.05, 0.1) is 5.69 Å². The number of nitrogen functional groups attached to an aromatic ring is 1. The van der Waals surface area contributed by atoms with E-state index in [1.54, 1.807) is 11.3 Å². The number of nitrogens with two attached hydrogens (primary N) is 1. The largest absolute Gasteiger partial charge is 0.375 e. The maximum Gasteiger partial charge on any atom is 0.180 e. The van der Waals surface area contributed by atoms with Crippen molar-refractivity contribution in [2.24, 2.45) is 0 Å². The topological polar surface area (TPSA) is 38.9 Å². The first-order valence-corrected chi connectivity index (χ1v) is 6.76. The lowest BCUT2D eigenvalue weighted by atomic mass is 9.85. The summed E-state index contributed by atoms with van der Waals surface area (Å²) < 4.78 is 0. The fraction of sp³-hybridized carbons (Fsp3) is 0.750. The third-order valence-corrected chi connectivity index (χ3v) is 4.41. The first kappa shape index (κ1) is 10.9. The van der Waals surface area contributed by atoms with E-state index in [-0.39, 0.29) is 0 Å². The third-order valence-electron chi connectivity index (χ3n) is 3.21. The minimum absolute atomic E-state index is 0.566. The molecule has 2 nitrogen and oxygen atoms in total. The third kappa shape index (κ3) is 2.33. The van der Waals surface area contributed by atoms with E-state index in [4.69, 9.17) is 5.73 Å². The molecular formula is C12H20N2S. The molecule has 1 heterocycles. The highest BCUT2D eigenvalue weighted by Crippen LogP contribution is 2.39. The zero-order valence-electron chi connectivity index (χ0n) is 9.62. The van der Waals surface area contributed by atoms with Gasteiger partial charge in [-0.3, -0.25) is 0 Å². The van der Waals surface area contributed by atoms with Gasteiger partial charge in [-0.1, -0.05) is 33.1 Å². The Hall–Kier alpha value is -0.570. The number of thiazole rings is 1. The molecule has 2 N–H and O–H groups in total. The highest BCUT2D eigenvalue weighted by atomic mass is 32.1. The number of hydrogen-bond acceptors (Lipinski definition) is 3. The van der Waals surface area contributed by atoms with Crippen molar-refractivity contribution in [2.45, 2.75) is 57.8 Å². The second-order valence-corrected chi connectivity index (χ2v) is 5.85. The van der Waals surface area contributed by atoms with E-state index < -0.39 is 0 Å². The maximum absolute atomic E-state index is 5.83. The summed E-state index contributed by atoms with van der Waals surface area (Å²) in [6, 6.07) is 0. The van der Waals surface area contributed by atoms with Gasteiger partial charge >= 0.3 is 0 Å². The zero-order valence-corrected chi connectivity index (χ0v) is 10.4. The van der Waals surface area contributed by atoms with Crippen LogP contribution in [0, 0.1) is 0 Å². The summed E-state index contributed by atoms with van der Waals surface area (Å²) in [5, 5.41) is 0.749. The lowest BCUT2D eigenvalue weighted by Gasteiger charge is -2.21. The minimum atomic E-state index is 0.566. The molecule has 0 amide bonds. The highest BCUT2D eigenvalue weighted by molar-refractivity contribution is 7.15. The summed E-state index contributed by atoms with van der Waals surface area (Å²) >= 11 is 1.68. The van der Waals surface area contributed by atoms with Gasteiger partial charge in [0.2, 0.25) is 0 Å². The first-order chi connectivity index (χ1) is 7.18. The molecule has 2 rings (SSSR count). The van der Waals surface area contributed by atoms with Crippen LogP contribution in [0.4, 0.5) is 5.13 Å². The van der Waals surface area contributed by atoms with Crippen molar-refractivity contribution in [3.8, 4) is 0 Å². The summed E-state index contributed by atoms with van der Waals surface area (Å²) in [5.74, 6) is 1.25. The Bertz CT molecular complexity index is 324. The molecule has 1 aromatic heterocycles. The second kappa shape index (κ2) is 4.52. The zero-order chi connectivity index (χ0) is 10.8. The van der Waals surface area contributed by atoms with Crippen molar-refractivity contribution in [1.29, 1.82) is 0 Å². The van der Waals surface area contributed by atoms with Crippen LogP contribution in [-0.4, -0.2) is 4.98 Å². The predicted octanol–water partition coefficient (Wildman–Crippen LogP) is 3.90. The van der Waals surface area contributed by atoms with Crippen LogP contribution < -0.4 is 5.73 Å². The quantitative estimate of drug-likeness (QED) is 0.827. The van der Waals surface area contributed by atoms with Gasteiger partial charge in [0.1, 0.15) is 0 Å². The van der Waals surface area contributed by atoms with Crippen LogP contribution in [0.2, 0.25) is 0 Å². The van der Waals surface area contributed by atoms with Crippen LogP contribution in [0.15, 0.2) is 0 Å². The van der Waals surface area contributed by atoms with Gasteiger partial charge in [0.15, 0.2) is 5.13 Å². The molecule has 1 fully saturated rings. The van der Waals surface area contributed by atoms with Gasteiger partial charge in [-0.05, 0) is 18.8 Å². The Morgan fingerprint density at radius 1 is 1.27 bits per heavy atom. The molecule has 1 aliphatic rings. The monoisotopic (exact) mass is 224 g/mol. The summed E-state index contributed by atoms with van der Waals surface area (Å²) in [6.45, 7) is 4.47. The van der Waals surface area contributed by atoms with Gasteiger partial charge < -0.3 is 5.73 Å². The fourth-order valence-electron chi connectivity index (χ4n) is 2.44. The number of anilines is 1. The molecule has 0 spiro atoms. The molecule has 0 aromatic carbocycles. The molecule has 1 aliphatic carbocycles. The maximum atomic E-state index is 5.83. The predicted molar refractivity (Wildman–Crippen MR) is 66.4 cm³/mol. The van der Waals surface area contributed by atoms with Gasteiger partial charge in [0.25, 0.3) is 0 Å². The molecule has 15 heavy (non-hydrogen) atoms. The molecule has 3 heteroatoms. The van der Waals surface area contributed by atoms with Gasteiger partial charge in [-0.2, -0.15) is 0 Å². The van der Waals surface area contributed by atoms with Crippen LogP contribution >= 0.6 is 11.3 Å². The summed E-state index contributed by atoms with van der Waals surface area (Å²) in [5.41, 5.74) is 7.14. The highest BCUT2D eigenvalue weighted by Gasteiger charge is 2.23. The Balaban J connectivity index is 2.25. The van der Waals surface area contributed by atoms with E-state index in [1.165, 1.54) is 42.7 Å².